The van der Waals surface area contributed by atoms with Gasteiger partial charge < -0.3 is 5.11 Å². The molecule has 82 valence electrons. The quantitative estimate of drug-likeness (QED) is 0.795. The van der Waals surface area contributed by atoms with Crippen LogP contribution < -0.4 is 5.32 Å². The SMILES string of the molecule is Cc1ccccc1[C@H](C)NC(C)C(=O)O. The van der Waals surface area contributed by atoms with Gasteiger partial charge in [0.2, 0.25) is 0 Å². The predicted octanol–water partition coefficient (Wildman–Crippen LogP) is 2.12. The maximum absolute atomic E-state index is 10.7. The minimum atomic E-state index is -0.824. The van der Waals surface area contributed by atoms with Gasteiger partial charge in [-0.05, 0) is 31.9 Å². The van der Waals surface area contributed by atoms with E-state index >= 15 is 0 Å². The maximum atomic E-state index is 10.7. The molecule has 3 heteroatoms. The minimum absolute atomic E-state index is 0.0531. The van der Waals surface area contributed by atoms with Crippen LogP contribution in [0.5, 0.6) is 0 Å². The monoisotopic (exact) mass is 207 g/mol. The number of rotatable bonds is 4. The van der Waals surface area contributed by atoms with E-state index in [-0.39, 0.29) is 6.04 Å². The van der Waals surface area contributed by atoms with Gasteiger partial charge in [-0.25, -0.2) is 0 Å². The molecule has 0 aromatic heterocycles. The molecule has 3 nitrogen and oxygen atoms in total. The molecule has 1 rings (SSSR count). The highest BCUT2D eigenvalue weighted by Crippen LogP contribution is 2.16. The van der Waals surface area contributed by atoms with Crippen LogP contribution in [-0.2, 0) is 4.79 Å². The second-order valence-corrected chi connectivity index (χ2v) is 3.80. The first kappa shape index (κ1) is 11.7. The average molecular weight is 207 g/mol. The van der Waals surface area contributed by atoms with Gasteiger partial charge in [0.05, 0.1) is 0 Å². The Morgan fingerprint density at radius 3 is 2.47 bits per heavy atom. The van der Waals surface area contributed by atoms with Crippen LogP contribution in [-0.4, -0.2) is 17.1 Å². The lowest BCUT2D eigenvalue weighted by atomic mass is 10.0. The van der Waals surface area contributed by atoms with Gasteiger partial charge in [0.25, 0.3) is 0 Å². The Morgan fingerprint density at radius 1 is 1.33 bits per heavy atom. The Kier molecular flexibility index (Phi) is 3.86. The summed E-state index contributed by atoms with van der Waals surface area (Å²) in [7, 11) is 0. The molecule has 0 heterocycles. The van der Waals surface area contributed by atoms with E-state index in [0.717, 1.165) is 5.56 Å². The molecule has 0 radical (unpaired) electrons. The molecule has 1 aromatic carbocycles. The molecular weight excluding hydrogens is 190 g/mol. The summed E-state index contributed by atoms with van der Waals surface area (Å²) in [6.07, 6.45) is 0. The molecule has 2 atom stereocenters. The zero-order chi connectivity index (χ0) is 11.4. The molecule has 0 aliphatic carbocycles. The van der Waals surface area contributed by atoms with E-state index in [0.29, 0.717) is 0 Å². The largest absolute Gasteiger partial charge is 0.480 e. The van der Waals surface area contributed by atoms with Crippen LogP contribution in [0.15, 0.2) is 24.3 Å². The molecule has 0 fully saturated rings. The lowest BCUT2D eigenvalue weighted by molar-refractivity contribution is -0.139. The second-order valence-electron chi connectivity index (χ2n) is 3.80. The third-order valence-corrected chi connectivity index (χ3v) is 2.53. The van der Waals surface area contributed by atoms with Crippen LogP contribution in [0.1, 0.15) is 31.0 Å². The average Bonchev–Trinajstić information content (AvgIpc) is 2.18. The molecule has 0 aliphatic rings. The zero-order valence-corrected chi connectivity index (χ0v) is 9.32. The highest BCUT2D eigenvalue weighted by molar-refractivity contribution is 5.72. The fourth-order valence-corrected chi connectivity index (χ4v) is 1.61. The lowest BCUT2D eigenvalue weighted by Crippen LogP contribution is -2.35. The van der Waals surface area contributed by atoms with Gasteiger partial charge in [0, 0.05) is 6.04 Å². The second kappa shape index (κ2) is 4.94. The predicted molar refractivity (Wildman–Crippen MR) is 59.8 cm³/mol. The topological polar surface area (TPSA) is 49.3 Å². The smallest absolute Gasteiger partial charge is 0.320 e. The van der Waals surface area contributed by atoms with Crippen molar-refractivity contribution in [2.75, 3.05) is 0 Å². The number of hydrogen-bond donors (Lipinski definition) is 2. The van der Waals surface area contributed by atoms with E-state index in [2.05, 4.69) is 5.32 Å². The standard InChI is InChI=1S/C12H17NO2/c1-8-6-4-5-7-11(8)9(2)13-10(3)12(14)15/h4-7,9-10,13H,1-3H3,(H,14,15)/t9-,10?/m0/s1. The number of carboxylic acids is 1. The number of aliphatic carboxylic acids is 1. The normalized spacial score (nSPS) is 14.6. The first-order valence-corrected chi connectivity index (χ1v) is 5.06. The lowest BCUT2D eigenvalue weighted by Gasteiger charge is -2.19. The van der Waals surface area contributed by atoms with Gasteiger partial charge in [0.15, 0.2) is 0 Å². The number of carbonyl (C=O) groups is 1. The zero-order valence-electron chi connectivity index (χ0n) is 9.32. The molecule has 0 spiro atoms. The van der Waals surface area contributed by atoms with Crippen LogP contribution in [0.4, 0.5) is 0 Å². The van der Waals surface area contributed by atoms with Gasteiger partial charge in [0.1, 0.15) is 6.04 Å². The van der Waals surface area contributed by atoms with E-state index in [9.17, 15) is 4.79 Å². The third kappa shape index (κ3) is 3.06. The summed E-state index contributed by atoms with van der Waals surface area (Å²) < 4.78 is 0. The summed E-state index contributed by atoms with van der Waals surface area (Å²) in [5.41, 5.74) is 2.32. The summed E-state index contributed by atoms with van der Waals surface area (Å²) in [4.78, 5) is 10.7. The summed E-state index contributed by atoms with van der Waals surface area (Å²) in [5, 5.41) is 11.8. The fourth-order valence-electron chi connectivity index (χ4n) is 1.61. The summed E-state index contributed by atoms with van der Waals surface area (Å²) in [6, 6.07) is 7.51. The van der Waals surface area contributed by atoms with E-state index in [1.165, 1.54) is 5.56 Å². The van der Waals surface area contributed by atoms with Crippen LogP contribution >= 0.6 is 0 Å². The summed E-state index contributed by atoms with van der Waals surface area (Å²) >= 11 is 0. The van der Waals surface area contributed by atoms with Crippen LogP contribution in [0.25, 0.3) is 0 Å². The fraction of sp³-hybridized carbons (Fsp3) is 0.417. The van der Waals surface area contributed by atoms with Crippen molar-refractivity contribution in [1.82, 2.24) is 5.32 Å². The first-order valence-electron chi connectivity index (χ1n) is 5.06. The molecule has 0 amide bonds. The number of hydrogen-bond acceptors (Lipinski definition) is 2. The van der Waals surface area contributed by atoms with Crippen molar-refractivity contribution >= 4 is 5.97 Å². The maximum Gasteiger partial charge on any atom is 0.320 e. The van der Waals surface area contributed by atoms with E-state index in [4.69, 9.17) is 5.11 Å². The molecule has 0 bridgehead atoms. The molecule has 15 heavy (non-hydrogen) atoms. The highest BCUT2D eigenvalue weighted by Gasteiger charge is 2.15. The Bertz CT molecular complexity index is 349. The minimum Gasteiger partial charge on any atom is -0.480 e. The van der Waals surface area contributed by atoms with Gasteiger partial charge in [-0.3, -0.25) is 10.1 Å². The van der Waals surface area contributed by atoms with Crippen LogP contribution in [0, 0.1) is 6.92 Å². The Hall–Kier alpha value is -1.35. The van der Waals surface area contributed by atoms with Crippen molar-refractivity contribution in [2.24, 2.45) is 0 Å². The van der Waals surface area contributed by atoms with Crippen molar-refractivity contribution in [3.8, 4) is 0 Å². The van der Waals surface area contributed by atoms with Gasteiger partial charge in [-0.2, -0.15) is 0 Å². The Labute approximate surface area is 90.1 Å². The molecule has 0 aliphatic heterocycles. The van der Waals surface area contributed by atoms with Gasteiger partial charge >= 0.3 is 5.97 Å². The molecule has 0 saturated heterocycles. The number of carboxylic acid groups (broad SMARTS) is 1. The number of benzene rings is 1. The van der Waals surface area contributed by atoms with Crippen LogP contribution in [0.3, 0.4) is 0 Å². The van der Waals surface area contributed by atoms with Crippen molar-refractivity contribution < 1.29 is 9.90 Å². The van der Waals surface area contributed by atoms with Crippen molar-refractivity contribution in [3.63, 3.8) is 0 Å². The molecular formula is C12H17NO2. The van der Waals surface area contributed by atoms with Crippen molar-refractivity contribution in [3.05, 3.63) is 35.4 Å². The Balaban J connectivity index is 2.73. The number of nitrogens with one attached hydrogen (secondary N) is 1. The van der Waals surface area contributed by atoms with E-state index in [1.807, 2.05) is 38.1 Å². The van der Waals surface area contributed by atoms with E-state index < -0.39 is 12.0 Å². The first-order chi connectivity index (χ1) is 7.02. The molecule has 0 saturated carbocycles. The van der Waals surface area contributed by atoms with Crippen LogP contribution in [0.2, 0.25) is 0 Å². The Morgan fingerprint density at radius 2 is 1.93 bits per heavy atom. The van der Waals surface area contributed by atoms with Crippen molar-refractivity contribution in [1.29, 1.82) is 0 Å². The summed E-state index contributed by atoms with van der Waals surface area (Å²) in [6.45, 7) is 5.65. The molecule has 1 aromatic rings. The third-order valence-electron chi connectivity index (χ3n) is 2.53. The summed E-state index contributed by atoms with van der Waals surface area (Å²) in [5.74, 6) is -0.824. The van der Waals surface area contributed by atoms with E-state index in [1.54, 1.807) is 6.92 Å². The van der Waals surface area contributed by atoms with Crippen molar-refractivity contribution in [2.45, 2.75) is 32.9 Å². The highest BCUT2D eigenvalue weighted by atomic mass is 16.4. The molecule has 1 unspecified atom stereocenters. The van der Waals surface area contributed by atoms with Gasteiger partial charge in [-0.15, -0.1) is 0 Å². The molecule has 2 N–H and O–H groups in total. The van der Waals surface area contributed by atoms with Gasteiger partial charge in [-0.1, -0.05) is 24.3 Å². The number of aryl methyl sites for hydroxylation is 1.